The van der Waals surface area contributed by atoms with E-state index in [-0.39, 0.29) is 16.1 Å². The number of halogens is 2. The topological polar surface area (TPSA) is 81.6 Å². The molecule has 0 aliphatic heterocycles. The zero-order valence-corrected chi connectivity index (χ0v) is 15.2. The molecule has 0 unspecified atom stereocenters. The molecule has 0 saturated heterocycles. The normalized spacial score (nSPS) is 12.4. The van der Waals surface area contributed by atoms with Crippen molar-refractivity contribution in [2.75, 3.05) is 4.90 Å². The predicted octanol–water partition coefficient (Wildman–Crippen LogP) is 4.46. The molecule has 0 bridgehead atoms. The molecule has 0 aliphatic carbocycles. The van der Waals surface area contributed by atoms with Crippen LogP contribution >= 0.6 is 23.2 Å². The molecule has 1 rings (SSSR count). The molecule has 9 heteroatoms. The van der Waals surface area contributed by atoms with Gasteiger partial charge in [0.05, 0.1) is 7.54 Å². The van der Waals surface area contributed by atoms with Gasteiger partial charge in [0.1, 0.15) is 16.9 Å². The first-order valence-electron chi connectivity index (χ1n) is 7.17. The molecular formula is C14H19Cl2N3O4. The van der Waals surface area contributed by atoms with Gasteiger partial charge in [0.25, 0.3) is 0 Å². The highest BCUT2D eigenvalue weighted by molar-refractivity contribution is 6.34. The first kappa shape index (κ1) is 17.7. The van der Waals surface area contributed by atoms with Gasteiger partial charge in [-0.05, 0) is 53.1 Å². The fraction of sp³-hybridized carbons (Fsp3) is 0.571. The summed E-state index contributed by atoms with van der Waals surface area (Å²) in [7, 11) is 0. The molecular weight excluding hydrogens is 345 g/mol. The maximum Gasteiger partial charge on any atom is 0.424 e. The van der Waals surface area contributed by atoms with Crippen molar-refractivity contribution in [2.24, 2.45) is 0 Å². The largest absolute Gasteiger partial charge is 0.443 e. The number of anilines is 1. The van der Waals surface area contributed by atoms with Crippen molar-refractivity contribution >= 4 is 41.1 Å². The molecule has 0 aromatic carbocycles. The first-order valence-corrected chi connectivity index (χ1v) is 7.42. The third kappa shape index (κ3) is 6.19. The third-order valence-corrected chi connectivity index (χ3v) is 2.45. The number of hydrogen-bond donors (Lipinski definition) is 0. The average Bonchev–Trinajstić information content (AvgIpc) is 2.28. The van der Waals surface area contributed by atoms with Crippen LogP contribution < -0.4 is 4.90 Å². The van der Waals surface area contributed by atoms with E-state index < -0.39 is 29.6 Å². The van der Waals surface area contributed by atoms with Crippen LogP contribution in [0.4, 0.5) is 15.3 Å². The van der Waals surface area contributed by atoms with Gasteiger partial charge in [0.2, 0.25) is 5.28 Å². The average molecular weight is 365 g/mol. The second kappa shape index (κ2) is 6.88. The second-order valence-corrected chi connectivity index (χ2v) is 7.24. The van der Waals surface area contributed by atoms with Crippen molar-refractivity contribution in [3.63, 3.8) is 0 Å². The Bertz CT molecular complexity index is 605. The standard InChI is InChI=1S/C14H19Cl2N3O4/c1-13(2,3)22-11(20)19(12(21)23-14(4,5)6)8-7-17-10(16)18-9(8)15/h7H,1-6H3/i7D. The lowest BCUT2D eigenvalue weighted by molar-refractivity contribution is 0.0430. The van der Waals surface area contributed by atoms with Crippen LogP contribution in [0.25, 0.3) is 0 Å². The molecule has 1 aromatic rings. The monoisotopic (exact) mass is 364 g/mol. The summed E-state index contributed by atoms with van der Waals surface area (Å²) in [6.45, 7) is 9.75. The molecule has 128 valence electrons. The van der Waals surface area contributed by atoms with Crippen LogP contribution in [0.5, 0.6) is 0 Å². The first-order chi connectivity index (χ1) is 10.7. The van der Waals surface area contributed by atoms with Gasteiger partial charge in [-0.3, -0.25) is 0 Å². The fourth-order valence-corrected chi connectivity index (χ4v) is 1.70. The van der Waals surface area contributed by atoms with E-state index in [1.54, 1.807) is 41.5 Å². The molecule has 0 atom stereocenters. The van der Waals surface area contributed by atoms with Gasteiger partial charge >= 0.3 is 12.2 Å². The summed E-state index contributed by atoms with van der Waals surface area (Å²) in [5, 5.41) is -0.640. The van der Waals surface area contributed by atoms with E-state index >= 15 is 0 Å². The molecule has 0 radical (unpaired) electrons. The van der Waals surface area contributed by atoms with Crippen molar-refractivity contribution in [1.82, 2.24) is 9.97 Å². The summed E-state index contributed by atoms with van der Waals surface area (Å²) in [6, 6.07) is 0. The van der Waals surface area contributed by atoms with Gasteiger partial charge in [-0.2, -0.15) is 4.90 Å². The molecule has 23 heavy (non-hydrogen) atoms. The summed E-state index contributed by atoms with van der Waals surface area (Å²) in [5.41, 5.74) is -2.15. The van der Waals surface area contributed by atoms with Crippen molar-refractivity contribution in [1.29, 1.82) is 0 Å². The SMILES string of the molecule is [2H]c1nc(Cl)nc(Cl)c1N(C(=O)OC(C)(C)C)C(=O)OC(C)(C)C. The molecule has 0 N–H and O–H groups in total. The Balaban J connectivity index is 3.39. The van der Waals surface area contributed by atoms with E-state index in [4.69, 9.17) is 34.0 Å². The van der Waals surface area contributed by atoms with E-state index in [0.717, 1.165) is 0 Å². The Hall–Kier alpha value is -1.60. The summed E-state index contributed by atoms with van der Waals surface area (Å²) < 4.78 is 18.2. The molecule has 7 nitrogen and oxygen atoms in total. The summed E-state index contributed by atoms with van der Waals surface area (Å²) in [4.78, 5) is 32.6. The number of carbonyl (C=O) groups excluding carboxylic acids is 2. The summed E-state index contributed by atoms with van der Waals surface area (Å²) in [6.07, 6.45) is -2.66. The van der Waals surface area contributed by atoms with Gasteiger partial charge in [-0.25, -0.2) is 19.6 Å². The van der Waals surface area contributed by atoms with Crippen molar-refractivity contribution in [3.8, 4) is 0 Å². The van der Waals surface area contributed by atoms with Gasteiger partial charge < -0.3 is 9.47 Å². The maximum atomic E-state index is 12.4. The number of hydrogen-bond acceptors (Lipinski definition) is 6. The highest BCUT2D eigenvalue weighted by Gasteiger charge is 2.34. The molecule has 0 aliphatic rings. The lowest BCUT2D eigenvalue weighted by Crippen LogP contribution is -2.44. The minimum absolute atomic E-state index is 0.290. The van der Waals surface area contributed by atoms with E-state index in [2.05, 4.69) is 9.97 Å². The van der Waals surface area contributed by atoms with E-state index in [0.29, 0.717) is 4.90 Å². The van der Waals surface area contributed by atoms with Crippen molar-refractivity contribution in [3.05, 3.63) is 16.6 Å². The predicted molar refractivity (Wildman–Crippen MR) is 87.0 cm³/mol. The Morgan fingerprint density at radius 1 is 1.09 bits per heavy atom. The molecule has 0 saturated carbocycles. The molecule has 1 aromatic heterocycles. The van der Waals surface area contributed by atoms with Crippen LogP contribution in [0.2, 0.25) is 10.4 Å². The molecule has 2 amide bonds. The highest BCUT2D eigenvalue weighted by Crippen LogP contribution is 2.27. The Kier molecular flexibility index (Phi) is 5.31. The highest BCUT2D eigenvalue weighted by atomic mass is 35.5. The maximum absolute atomic E-state index is 12.4. The number of nitrogens with zero attached hydrogens (tertiary/aromatic N) is 3. The van der Waals surface area contributed by atoms with E-state index in [9.17, 15) is 9.59 Å². The van der Waals surface area contributed by atoms with Crippen molar-refractivity contribution in [2.45, 2.75) is 52.7 Å². The minimum atomic E-state index is -1.07. The van der Waals surface area contributed by atoms with Gasteiger partial charge in [0, 0.05) is 0 Å². The summed E-state index contributed by atoms with van der Waals surface area (Å²) in [5.74, 6) is 0. The van der Waals surface area contributed by atoms with Gasteiger partial charge in [-0.1, -0.05) is 11.6 Å². The molecule has 0 spiro atoms. The summed E-state index contributed by atoms with van der Waals surface area (Å²) >= 11 is 11.6. The van der Waals surface area contributed by atoms with Crippen LogP contribution in [0.3, 0.4) is 0 Å². The Morgan fingerprint density at radius 2 is 1.52 bits per heavy atom. The van der Waals surface area contributed by atoms with Crippen LogP contribution in [0, 0.1) is 0 Å². The second-order valence-electron chi connectivity index (χ2n) is 6.54. The smallest absolute Gasteiger partial charge is 0.424 e. The van der Waals surface area contributed by atoms with Gasteiger partial charge in [-0.15, -0.1) is 0 Å². The third-order valence-electron chi connectivity index (χ3n) is 2.02. The number of imide groups is 1. The number of aromatic nitrogens is 2. The molecule has 1 heterocycles. The minimum Gasteiger partial charge on any atom is -0.443 e. The number of amides is 2. The fourth-order valence-electron chi connectivity index (χ4n) is 1.32. The zero-order chi connectivity index (χ0) is 18.9. The molecule has 0 fully saturated rings. The lowest BCUT2D eigenvalue weighted by Gasteiger charge is -2.28. The van der Waals surface area contributed by atoms with Crippen LogP contribution in [-0.4, -0.2) is 33.4 Å². The zero-order valence-electron chi connectivity index (χ0n) is 14.7. The number of rotatable bonds is 1. The van der Waals surface area contributed by atoms with E-state index in [1.807, 2.05) is 0 Å². The van der Waals surface area contributed by atoms with E-state index in [1.165, 1.54) is 0 Å². The van der Waals surface area contributed by atoms with Crippen LogP contribution in [0.15, 0.2) is 6.17 Å². The van der Waals surface area contributed by atoms with Gasteiger partial charge in [0.15, 0.2) is 5.15 Å². The quantitative estimate of drug-likeness (QED) is 0.540. The van der Waals surface area contributed by atoms with Crippen LogP contribution in [0.1, 0.15) is 42.9 Å². The Morgan fingerprint density at radius 3 is 1.87 bits per heavy atom. The lowest BCUT2D eigenvalue weighted by atomic mass is 10.2. The van der Waals surface area contributed by atoms with Crippen LogP contribution in [-0.2, 0) is 9.47 Å². The van der Waals surface area contributed by atoms with Crippen molar-refractivity contribution < 1.29 is 20.4 Å². The Labute approximate surface area is 146 Å². The number of carbonyl (C=O) groups is 2. The number of ether oxygens (including phenoxy) is 2.